The van der Waals surface area contributed by atoms with Crippen LogP contribution in [0.1, 0.15) is 28.8 Å². The number of sulfonamides is 1. The summed E-state index contributed by atoms with van der Waals surface area (Å²) in [5.41, 5.74) is 0.827. The van der Waals surface area contributed by atoms with Gasteiger partial charge in [0.05, 0.1) is 17.0 Å². The zero-order chi connectivity index (χ0) is 15.3. The van der Waals surface area contributed by atoms with Crippen LogP contribution in [0.4, 0.5) is 5.69 Å². The molecule has 110 valence electrons. The van der Waals surface area contributed by atoms with Crippen LogP contribution >= 0.6 is 0 Å². The van der Waals surface area contributed by atoms with Crippen LogP contribution < -0.4 is 4.72 Å². The molecular formula is C12H15NO6S. The molecule has 0 aliphatic heterocycles. The van der Waals surface area contributed by atoms with E-state index in [9.17, 15) is 18.0 Å². The van der Waals surface area contributed by atoms with E-state index >= 15 is 0 Å². The minimum atomic E-state index is -3.65. The van der Waals surface area contributed by atoms with E-state index in [4.69, 9.17) is 10.2 Å². The molecule has 0 amide bonds. The molecule has 8 heteroatoms. The first-order valence-electron chi connectivity index (χ1n) is 5.77. The van der Waals surface area contributed by atoms with Gasteiger partial charge in [0.25, 0.3) is 0 Å². The Labute approximate surface area is 116 Å². The Morgan fingerprint density at radius 3 is 2.40 bits per heavy atom. The molecule has 0 heterocycles. The molecule has 0 unspecified atom stereocenters. The summed E-state index contributed by atoms with van der Waals surface area (Å²) >= 11 is 0. The number of hydrogen-bond donors (Lipinski definition) is 3. The van der Waals surface area contributed by atoms with Crippen molar-refractivity contribution in [2.45, 2.75) is 19.8 Å². The zero-order valence-electron chi connectivity index (χ0n) is 10.8. The quantitative estimate of drug-likeness (QED) is 0.698. The molecule has 1 rings (SSSR count). The number of benzene rings is 1. The minimum absolute atomic E-state index is 0.0108. The molecule has 0 atom stereocenters. The van der Waals surface area contributed by atoms with Gasteiger partial charge in [-0.1, -0.05) is 0 Å². The van der Waals surface area contributed by atoms with Gasteiger partial charge in [-0.05, 0) is 37.1 Å². The van der Waals surface area contributed by atoms with Crippen molar-refractivity contribution in [1.82, 2.24) is 0 Å². The molecule has 0 saturated heterocycles. The van der Waals surface area contributed by atoms with Crippen molar-refractivity contribution in [2.75, 3.05) is 10.5 Å². The second kappa shape index (κ2) is 6.38. The number of rotatable bonds is 7. The SMILES string of the molecule is Cc1cc(C(=O)O)ccc1NS(=O)(=O)CCCC(=O)O. The van der Waals surface area contributed by atoms with E-state index in [1.165, 1.54) is 18.2 Å². The lowest BCUT2D eigenvalue weighted by Gasteiger charge is -2.10. The van der Waals surface area contributed by atoms with E-state index < -0.39 is 22.0 Å². The summed E-state index contributed by atoms with van der Waals surface area (Å²) in [5.74, 6) is -2.45. The lowest BCUT2D eigenvalue weighted by molar-refractivity contribution is -0.137. The van der Waals surface area contributed by atoms with E-state index in [-0.39, 0.29) is 29.8 Å². The molecule has 0 fully saturated rings. The summed E-state index contributed by atoms with van der Waals surface area (Å²) in [7, 11) is -3.65. The maximum absolute atomic E-state index is 11.7. The molecule has 0 saturated carbocycles. The van der Waals surface area contributed by atoms with Gasteiger partial charge in [-0.2, -0.15) is 0 Å². The average molecular weight is 301 g/mol. The summed E-state index contributed by atoms with van der Waals surface area (Å²) in [6.07, 6.45) is -0.214. The van der Waals surface area contributed by atoms with Crippen LogP contribution in [-0.4, -0.2) is 36.3 Å². The number of nitrogens with one attached hydrogen (secondary N) is 1. The molecule has 0 aromatic heterocycles. The number of aliphatic carboxylic acids is 1. The fourth-order valence-corrected chi connectivity index (χ4v) is 2.73. The molecule has 0 aliphatic carbocycles. The normalized spacial score (nSPS) is 11.1. The van der Waals surface area contributed by atoms with Gasteiger partial charge in [0.15, 0.2) is 0 Å². The van der Waals surface area contributed by atoms with Crippen molar-refractivity contribution >= 4 is 27.6 Å². The average Bonchev–Trinajstić information content (AvgIpc) is 2.30. The highest BCUT2D eigenvalue weighted by Crippen LogP contribution is 2.18. The van der Waals surface area contributed by atoms with Gasteiger partial charge in [-0.25, -0.2) is 13.2 Å². The van der Waals surface area contributed by atoms with Gasteiger partial charge in [0, 0.05) is 6.42 Å². The molecule has 1 aromatic rings. The van der Waals surface area contributed by atoms with Gasteiger partial charge in [0.1, 0.15) is 0 Å². The molecule has 7 nitrogen and oxygen atoms in total. The third-order valence-electron chi connectivity index (χ3n) is 2.54. The van der Waals surface area contributed by atoms with Gasteiger partial charge in [-0.15, -0.1) is 0 Å². The number of carbonyl (C=O) groups is 2. The van der Waals surface area contributed by atoms with Gasteiger partial charge in [0.2, 0.25) is 10.0 Å². The Bertz CT molecular complexity index is 623. The number of aryl methyl sites for hydroxylation is 1. The van der Waals surface area contributed by atoms with Crippen molar-refractivity contribution in [3.05, 3.63) is 29.3 Å². The highest BCUT2D eigenvalue weighted by molar-refractivity contribution is 7.92. The van der Waals surface area contributed by atoms with Crippen molar-refractivity contribution in [1.29, 1.82) is 0 Å². The van der Waals surface area contributed by atoms with E-state index in [2.05, 4.69) is 4.72 Å². The summed E-state index contributed by atoms with van der Waals surface area (Å²) in [5, 5.41) is 17.3. The van der Waals surface area contributed by atoms with E-state index in [0.717, 1.165) is 0 Å². The molecule has 1 aromatic carbocycles. The Kier molecular flexibility index (Phi) is 5.09. The molecule has 0 bridgehead atoms. The van der Waals surface area contributed by atoms with Gasteiger partial charge >= 0.3 is 11.9 Å². The fraction of sp³-hybridized carbons (Fsp3) is 0.333. The van der Waals surface area contributed by atoms with Crippen LogP contribution in [0.2, 0.25) is 0 Å². The first-order valence-corrected chi connectivity index (χ1v) is 7.43. The Morgan fingerprint density at radius 2 is 1.90 bits per heavy atom. The van der Waals surface area contributed by atoms with Crippen molar-refractivity contribution in [3.63, 3.8) is 0 Å². The number of aromatic carboxylic acids is 1. The number of anilines is 1. The third-order valence-corrected chi connectivity index (χ3v) is 3.90. The van der Waals surface area contributed by atoms with E-state index in [1.807, 2.05) is 0 Å². The maximum atomic E-state index is 11.7. The van der Waals surface area contributed by atoms with Crippen molar-refractivity contribution < 1.29 is 28.2 Å². The molecule has 20 heavy (non-hydrogen) atoms. The predicted molar refractivity (Wildman–Crippen MR) is 72.4 cm³/mol. The highest BCUT2D eigenvalue weighted by Gasteiger charge is 2.13. The largest absolute Gasteiger partial charge is 0.481 e. The van der Waals surface area contributed by atoms with E-state index in [1.54, 1.807) is 6.92 Å². The lowest BCUT2D eigenvalue weighted by atomic mass is 10.1. The van der Waals surface area contributed by atoms with Crippen LogP contribution in [0.3, 0.4) is 0 Å². The summed E-state index contributed by atoms with van der Waals surface area (Å²) in [4.78, 5) is 21.1. The van der Waals surface area contributed by atoms with Crippen LogP contribution in [-0.2, 0) is 14.8 Å². The highest BCUT2D eigenvalue weighted by atomic mass is 32.2. The monoisotopic (exact) mass is 301 g/mol. The third kappa shape index (κ3) is 4.88. The standard InChI is InChI=1S/C12H15NO6S/c1-8-7-9(12(16)17)4-5-10(8)13-20(18,19)6-2-3-11(14)15/h4-5,7,13H,2-3,6H2,1H3,(H,14,15)(H,16,17). The fourth-order valence-electron chi connectivity index (χ4n) is 1.54. The first-order chi connectivity index (χ1) is 9.21. The summed E-state index contributed by atoms with van der Waals surface area (Å²) < 4.78 is 25.8. The van der Waals surface area contributed by atoms with Gasteiger partial charge in [-0.3, -0.25) is 9.52 Å². The molecule has 0 spiro atoms. The van der Waals surface area contributed by atoms with Crippen LogP contribution in [0.15, 0.2) is 18.2 Å². The second-order valence-corrected chi connectivity index (χ2v) is 6.09. The van der Waals surface area contributed by atoms with Crippen LogP contribution in [0.25, 0.3) is 0 Å². The Hall–Kier alpha value is -2.09. The Balaban J connectivity index is 2.77. The number of carboxylic acids is 2. The van der Waals surface area contributed by atoms with Crippen LogP contribution in [0.5, 0.6) is 0 Å². The first kappa shape index (κ1) is 16.0. The van der Waals surface area contributed by atoms with E-state index in [0.29, 0.717) is 5.56 Å². The van der Waals surface area contributed by atoms with Crippen molar-refractivity contribution in [2.24, 2.45) is 0 Å². The molecular weight excluding hydrogens is 286 g/mol. The maximum Gasteiger partial charge on any atom is 0.335 e. The minimum Gasteiger partial charge on any atom is -0.481 e. The molecule has 0 aliphatic rings. The number of carboxylic acid groups (broad SMARTS) is 2. The molecule has 0 radical (unpaired) electrons. The predicted octanol–water partition coefficient (Wildman–Crippen LogP) is 1.30. The van der Waals surface area contributed by atoms with Gasteiger partial charge < -0.3 is 10.2 Å². The number of hydrogen-bond acceptors (Lipinski definition) is 4. The smallest absolute Gasteiger partial charge is 0.335 e. The van der Waals surface area contributed by atoms with Crippen LogP contribution in [0, 0.1) is 6.92 Å². The Morgan fingerprint density at radius 1 is 1.25 bits per heavy atom. The zero-order valence-corrected chi connectivity index (χ0v) is 11.6. The van der Waals surface area contributed by atoms with Crippen molar-refractivity contribution in [3.8, 4) is 0 Å². The summed E-state index contributed by atoms with van der Waals surface area (Å²) in [6, 6.07) is 4.02. The molecule has 3 N–H and O–H groups in total. The lowest BCUT2D eigenvalue weighted by Crippen LogP contribution is -2.18. The summed E-state index contributed by atoms with van der Waals surface area (Å²) in [6.45, 7) is 1.58. The topological polar surface area (TPSA) is 121 Å². The second-order valence-electron chi connectivity index (χ2n) is 4.25.